The van der Waals surface area contributed by atoms with Crippen LogP contribution < -0.4 is 10.2 Å². The summed E-state index contributed by atoms with van der Waals surface area (Å²) in [6, 6.07) is 6.28. The first-order valence-corrected chi connectivity index (χ1v) is 9.02. The second-order valence-corrected chi connectivity index (χ2v) is 7.36. The minimum atomic E-state index is 0.673. The van der Waals surface area contributed by atoms with Crippen molar-refractivity contribution >= 4 is 29.1 Å². The zero-order valence-corrected chi connectivity index (χ0v) is 14.1. The molecular formula is C16H25ClN2S. The number of rotatable bonds is 5. The SMILES string of the molecule is CC(C)CNCc1cccc(Cl)c1N1CCCSCC1. The third kappa shape index (κ3) is 4.57. The van der Waals surface area contributed by atoms with Crippen LogP contribution >= 0.6 is 23.4 Å². The van der Waals surface area contributed by atoms with Crippen molar-refractivity contribution in [2.24, 2.45) is 5.92 Å². The Labute approximate surface area is 132 Å². The van der Waals surface area contributed by atoms with E-state index in [1.165, 1.54) is 29.2 Å². The molecule has 2 rings (SSSR count). The summed E-state index contributed by atoms with van der Waals surface area (Å²) in [7, 11) is 0. The van der Waals surface area contributed by atoms with E-state index in [4.69, 9.17) is 11.6 Å². The van der Waals surface area contributed by atoms with E-state index in [-0.39, 0.29) is 0 Å². The highest BCUT2D eigenvalue weighted by molar-refractivity contribution is 7.99. The van der Waals surface area contributed by atoms with Crippen molar-refractivity contribution in [1.29, 1.82) is 0 Å². The monoisotopic (exact) mass is 312 g/mol. The fraction of sp³-hybridized carbons (Fsp3) is 0.625. The lowest BCUT2D eigenvalue weighted by atomic mass is 10.1. The van der Waals surface area contributed by atoms with Gasteiger partial charge in [0, 0.05) is 25.4 Å². The number of halogens is 1. The van der Waals surface area contributed by atoms with Gasteiger partial charge >= 0.3 is 0 Å². The van der Waals surface area contributed by atoms with Gasteiger partial charge in [-0.1, -0.05) is 37.6 Å². The molecule has 1 aliphatic heterocycles. The maximum atomic E-state index is 6.48. The molecule has 1 saturated heterocycles. The molecule has 0 atom stereocenters. The molecule has 4 heteroatoms. The molecule has 0 amide bonds. The number of benzene rings is 1. The second kappa shape index (κ2) is 8.16. The highest BCUT2D eigenvalue weighted by atomic mass is 35.5. The summed E-state index contributed by atoms with van der Waals surface area (Å²) < 4.78 is 0. The summed E-state index contributed by atoms with van der Waals surface area (Å²) >= 11 is 8.53. The Morgan fingerprint density at radius 2 is 2.15 bits per heavy atom. The van der Waals surface area contributed by atoms with Gasteiger partial charge in [-0.2, -0.15) is 11.8 Å². The molecule has 0 unspecified atom stereocenters. The number of para-hydroxylation sites is 1. The van der Waals surface area contributed by atoms with Crippen LogP contribution in [0.5, 0.6) is 0 Å². The van der Waals surface area contributed by atoms with Gasteiger partial charge in [0.2, 0.25) is 0 Å². The van der Waals surface area contributed by atoms with Gasteiger partial charge in [0.15, 0.2) is 0 Å². The van der Waals surface area contributed by atoms with E-state index in [9.17, 15) is 0 Å². The molecule has 1 heterocycles. The molecule has 1 aromatic rings. The number of nitrogens with zero attached hydrogens (tertiary/aromatic N) is 1. The molecule has 0 aliphatic carbocycles. The molecule has 1 fully saturated rings. The fourth-order valence-corrected chi connectivity index (χ4v) is 3.72. The maximum absolute atomic E-state index is 6.48. The third-order valence-electron chi connectivity index (χ3n) is 3.48. The van der Waals surface area contributed by atoms with Crippen LogP contribution in [0.1, 0.15) is 25.8 Å². The largest absolute Gasteiger partial charge is 0.369 e. The van der Waals surface area contributed by atoms with Crippen LogP contribution in [-0.4, -0.2) is 31.1 Å². The third-order valence-corrected chi connectivity index (χ3v) is 4.83. The van der Waals surface area contributed by atoms with Crippen LogP contribution in [0.4, 0.5) is 5.69 Å². The van der Waals surface area contributed by atoms with Gasteiger partial charge in [0.05, 0.1) is 10.7 Å². The predicted octanol–water partition coefficient (Wildman–Crippen LogP) is 4.03. The average Bonchev–Trinajstić information content (AvgIpc) is 2.67. The fourth-order valence-electron chi connectivity index (χ4n) is 2.52. The van der Waals surface area contributed by atoms with Crippen molar-refractivity contribution in [1.82, 2.24) is 5.32 Å². The lowest BCUT2D eigenvalue weighted by Gasteiger charge is -2.26. The summed E-state index contributed by atoms with van der Waals surface area (Å²) in [4.78, 5) is 2.47. The van der Waals surface area contributed by atoms with E-state index in [0.29, 0.717) is 5.92 Å². The number of nitrogens with one attached hydrogen (secondary N) is 1. The summed E-state index contributed by atoms with van der Waals surface area (Å²) in [5.41, 5.74) is 2.57. The van der Waals surface area contributed by atoms with Gasteiger partial charge in [0.1, 0.15) is 0 Å². The Bertz CT molecular complexity index is 415. The molecular weight excluding hydrogens is 288 g/mol. The topological polar surface area (TPSA) is 15.3 Å². The lowest BCUT2D eigenvalue weighted by Crippen LogP contribution is -2.28. The zero-order chi connectivity index (χ0) is 14.4. The van der Waals surface area contributed by atoms with E-state index >= 15 is 0 Å². The molecule has 1 aliphatic rings. The molecule has 0 saturated carbocycles. The van der Waals surface area contributed by atoms with Gasteiger partial charge in [-0.05, 0) is 36.3 Å². The molecule has 0 radical (unpaired) electrons. The van der Waals surface area contributed by atoms with Crippen LogP contribution in [-0.2, 0) is 6.54 Å². The van der Waals surface area contributed by atoms with Gasteiger partial charge < -0.3 is 10.2 Å². The number of hydrogen-bond acceptors (Lipinski definition) is 3. The average molecular weight is 313 g/mol. The van der Waals surface area contributed by atoms with E-state index in [2.05, 4.69) is 36.2 Å². The molecule has 0 aromatic heterocycles. The molecule has 0 spiro atoms. The number of thioether (sulfide) groups is 1. The number of anilines is 1. The smallest absolute Gasteiger partial charge is 0.0642 e. The van der Waals surface area contributed by atoms with Gasteiger partial charge in [-0.15, -0.1) is 0 Å². The first-order valence-electron chi connectivity index (χ1n) is 7.49. The minimum Gasteiger partial charge on any atom is -0.369 e. The van der Waals surface area contributed by atoms with Crippen molar-refractivity contribution in [3.8, 4) is 0 Å². The second-order valence-electron chi connectivity index (χ2n) is 5.73. The summed E-state index contributed by atoms with van der Waals surface area (Å²) in [5, 5.41) is 4.42. The number of hydrogen-bond donors (Lipinski definition) is 1. The first-order chi connectivity index (χ1) is 9.68. The Morgan fingerprint density at radius 3 is 2.95 bits per heavy atom. The predicted molar refractivity (Wildman–Crippen MR) is 92.2 cm³/mol. The van der Waals surface area contributed by atoms with Gasteiger partial charge in [-0.3, -0.25) is 0 Å². The summed E-state index contributed by atoms with van der Waals surface area (Å²) in [6.07, 6.45) is 1.24. The Morgan fingerprint density at radius 1 is 1.30 bits per heavy atom. The normalized spacial score (nSPS) is 16.5. The van der Waals surface area contributed by atoms with Crippen molar-refractivity contribution in [3.63, 3.8) is 0 Å². The van der Waals surface area contributed by atoms with Gasteiger partial charge in [-0.25, -0.2) is 0 Å². The summed E-state index contributed by atoms with van der Waals surface area (Å²) in [6.45, 7) is 8.63. The maximum Gasteiger partial charge on any atom is 0.0642 e. The van der Waals surface area contributed by atoms with Crippen molar-refractivity contribution in [2.75, 3.05) is 36.0 Å². The molecule has 2 nitrogen and oxygen atoms in total. The molecule has 1 N–H and O–H groups in total. The Balaban J connectivity index is 2.12. The first kappa shape index (κ1) is 16.0. The van der Waals surface area contributed by atoms with Crippen LogP contribution in [0.2, 0.25) is 5.02 Å². The van der Waals surface area contributed by atoms with E-state index < -0.39 is 0 Å². The van der Waals surface area contributed by atoms with Crippen molar-refractivity contribution in [2.45, 2.75) is 26.8 Å². The van der Waals surface area contributed by atoms with Crippen LogP contribution in [0, 0.1) is 5.92 Å². The molecule has 20 heavy (non-hydrogen) atoms. The molecule has 1 aromatic carbocycles. The molecule has 112 valence electrons. The van der Waals surface area contributed by atoms with E-state index in [1.807, 2.05) is 17.8 Å². The van der Waals surface area contributed by atoms with Crippen LogP contribution in [0.15, 0.2) is 18.2 Å². The zero-order valence-electron chi connectivity index (χ0n) is 12.5. The van der Waals surface area contributed by atoms with E-state index in [0.717, 1.165) is 31.2 Å². The highest BCUT2D eigenvalue weighted by Gasteiger charge is 2.16. The standard InChI is InChI=1S/C16H25ClN2S/c1-13(2)11-18-12-14-5-3-6-15(17)16(14)19-7-4-9-20-10-8-19/h3,5-6,13,18H,4,7-12H2,1-2H3. The highest BCUT2D eigenvalue weighted by Crippen LogP contribution is 2.31. The van der Waals surface area contributed by atoms with E-state index in [1.54, 1.807) is 0 Å². The van der Waals surface area contributed by atoms with Crippen molar-refractivity contribution < 1.29 is 0 Å². The quantitative estimate of drug-likeness (QED) is 0.883. The molecule has 0 bridgehead atoms. The van der Waals surface area contributed by atoms with Crippen LogP contribution in [0.25, 0.3) is 0 Å². The minimum absolute atomic E-state index is 0.673. The van der Waals surface area contributed by atoms with Crippen molar-refractivity contribution in [3.05, 3.63) is 28.8 Å². The van der Waals surface area contributed by atoms with Crippen LogP contribution in [0.3, 0.4) is 0 Å². The van der Waals surface area contributed by atoms with Gasteiger partial charge in [0.25, 0.3) is 0 Å². The Kier molecular flexibility index (Phi) is 6.53. The lowest BCUT2D eigenvalue weighted by molar-refractivity contribution is 0.552. The summed E-state index contributed by atoms with van der Waals surface area (Å²) in [5.74, 6) is 3.14. The Hall–Kier alpha value is -0.380.